The molecule has 0 heterocycles. The first-order valence-corrected chi connectivity index (χ1v) is 10.5. The molecule has 0 saturated carbocycles. The summed E-state index contributed by atoms with van der Waals surface area (Å²) in [4.78, 5) is 12.4. The Morgan fingerprint density at radius 1 is 0.938 bits per heavy atom. The van der Waals surface area contributed by atoms with Crippen molar-refractivity contribution in [3.05, 3.63) is 93.5 Å². The van der Waals surface area contributed by atoms with Crippen molar-refractivity contribution in [3.8, 4) is 17.6 Å². The van der Waals surface area contributed by atoms with Crippen LogP contribution in [0.1, 0.15) is 11.1 Å². The Kier molecular flexibility index (Phi) is 8.15. The van der Waals surface area contributed by atoms with Crippen molar-refractivity contribution in [1.29, 1.82) is 5.26 Å². The van der Waals surface area contributed by atoms with Gasteiger partial charge in [-0.05, 0) is 61.0 Å². The molecular weight excluding hydrogens is 447 g/mol. The van der Waals surface area contributed by atoms with Gasteiger partial charge in [0.25, 0.3) is 5.91 Å². The summed E-state index contributed by atoms with van der Waals surface area (Å²) in [6.45, 7) is 2.82. The molecule has 3 aromatic rings. The highest BCUT2D eigenvalue weighted by Crippen LogP contribution is 2.25. The van der Waals surface area contributed by atoms with E-state index in [4.69, 9.17) is 32.7 Å². The van der Waals surface area contributed by atoms with E-state index in [2.05, 4.69) is 5.32 Å². The van der Waals surface area contributed by atoms with E-state index in [0.717, 1.165) is 5.75 Å². The molecule has 0 radical (unpaired) electrons. The monoisotopic (exact) mass is 466 g/mol. The van der Waals surface area contributed by atoms with Crippen LogP contribution in [0.2, 0.25) is 10.0 Å². The Morgan fingerprint density at radius 2 is 1.53 bits per heavy atom. The molecule has 0 bridgehead atoms. The van der Waals surface area contributed by atoms with Gasteiger partial charge in [0.1, 0.15) is 36.4 Å². The number of nitriles is 1. The van der Waals surface area contributed by atoms with E-state index in [1.54, 1.807) is 36.4 Å². The van der Waals surface area contributed by atoms with Crippen LogP contribution < -0.4 is 14.8 Å². The van der Waals surface area contributed by atoms with Gasteiger partial charge in [-0.2, -0.15) is 5.26 Å². The third kappa shape index (κ3) is 6.78. The fourth-order valence-corrected chi connectivity index (χ4v) is 3.00. The number of hydrogen-bond acceptors (Lipinski definition) is 4. The second kappa shape index (κ2) is 11.2. The number of rotatable bonds is 8. The number of halogens is 2. The molecule has 0 aliphatic heterocycles. The van der Waals surface area contributed by atoms with Gasteiger partial charge in [0.05, 0.1) is 10.0 Å². The smallest absolute Gasteiger partial charge is 0.266 e. The van der Waals surface area contributed by atoms with E-state index in [9.17, 15) is 10.1 Å². The molecule has 5 nitrogen and oxygen atoms in total. The average Bonchev–Trinajstić information content (AvgIpc) is 2.79. The normalized spacial score (nSPS) is 10.9. The molecule has 0 aliphatic carbocycles. The van der Waals surface area contributed by atoms with Gasteiger partial charge in [0.15, 0.2) is 0 Å². The average molecular weight is 467 g/mol. The molecule has 0 saturated heterocycles. The van der Waals surface area contributed by atoms with Gasteiger partial charge in [0, 0.05) is 5.69 Å². The summed E-state index contributed by atoms with van der Waals surface area (Å²) in [5.41, 5.74) is 2.27. The quantitative estimate of drug-likeness (QED) is 0.240. The largest absolute Gasteiger partial charge is 0.490 e. The number of nitrogens with one attached hydrogen (secondary N) is 1. The molecular formula is C25H20Cl2N2O3. The van der Waals surface area contributed by atoms with Crippen LogP contribution >= 0.6 is 23.2 Å². The summed E-state index contributed by atoms with van der Waals surface area (Å²) in [6, 6.07) is 21.5. The minimum Gasteiger partial charge on any atom is -0.490 e. The summed E-state index contributed by atoms with van der Waals surface area (Å²) in [7, 11) is 0. The molecule has 0 unspecified atom stereocenters. The maximum absolute atomic E-state index is 12.4. The second-order valence-corrected chi connectivity index (χ2v) is 7.65. The summed E-state index contributed by atoms with van der Waals surface area (Å²) < 4.78 is 11.3. The minimum atomic E-state index is -0.542. The number of amides is 1. The molecule has 7 heteroatoms. The highest BCUT2D eigenvalue weighted by molar-refractivity contribution is 6.42. The number of carbonyl (C=O) groups excluding carboxylic acids is 1. The zero-order valence-corrected chi connectivity index (χ0v) is 18.8. The van der Waals surface area contributed by atoms with Crippen LogP contribution in [-0.2, 0) is 4.79 Å². The van der Waals surface area contributed by atoms with Crippen LogP contribution in [0.5, 0.6) is 11.5 Å². The number of ether oxygens (including phenoxy) is 2. The molecule has 0 aromatic heterocycles. The number of carbonyl (C=O) groups is 1. The number of aryl methyl sites for hydroxylation is 1. The molecule has 32 heavy (non-hydrogen) atoms. The van der Waals surface area contributed by atoms with Crippen LogP contribution in [0.3, 0.4) is 0 Å². The van der Waals surface area contributed by atoms with Crippen molar-refractivity contribution in [2.45, 2.75) is 6.92 Å². The van der Waals surface area contributed by atoms with Crippen LogP contribution in [0.15, 0.2) is 72.3 Å². The second-order valence-electron chi connectivity index (χ2n) is 6.83. The first kappa shape index (κ1) is 23.2. The third-order valence-electron chi connectivity index (χ3n) is 4.38. The predicted octanol–water partition coefficient (Wildman–Crippen LogP) is 6.31. The topological polar surface area (TPSA) is 71.3 Å². The maximum Gasteiger partial charge on any atom is 0.266 e. The van der Waals surface area contributed by atoms with Crippen molar-refractivity contribution in [3.63, 3.8) is 0 Å². The molecule has 0 atom stereocenters. The van der Waals surface area contributed by atoms with E-state index < -0.39 is 5.91 Å². The lowest BCUT2D eigenvalue weighted by Crippen LogP contribution is -2.13. The maximum atomic E-state index is 12.4. The number of nitrogens with zero attached hydrogens (tertiary/aromatic N) is 1. The number of benzene rings is 3. The van der Waals surface area contributed by atoms with E-state index >= 15 is 0 Å². The van der Waals surface area contributed by atoms with Crippen molar-refractivity contribution < 1.29 is 14.3 Å². The van der Waals surface area contributed by atoms with Gasteiger partial charge in [0.2, 0.25) is 0 Å². The summed E-state index contributed by atoms with van der Waals surface area (Å²) in [6.07, 6.45) is 1.50. The van der Waals surface area contributed by atoms with E-state index in [1.807, 2.05) is 37.3 Å². The minimum absolute atomic E-state index is 0.0451. The van der Waals surface area contributed by atoms with Gasteiger partial charge in [-0.3, -0.25) is 4.79 Å². The third-order valence-corrected chi connectivity index (χ3v) is 5.11. The van der Waals surface area contributed by atoms with Crippen LogP contribution in [0.4, 0.5) is 5.69 Å². The molecule has 3 aromatic carbocycles. The molecule has 0 aliphatic rings. The van der Waals surface area contributed by atoms with Crippen LogP contribution in [0, 0.1) is 18.3 Å². The van der Waals surface area contributed by atoms with Gasteiger partial charge >= 0.3 is 0 Å². The van der Waals surface area contributed by atoms with Crippen molar-refractivity contribution >= 4 is 40.9 Å². The van der Waals surface area contributed by atoms with E-state index in [1.165, 1.54) is 17.7 Å². The van der Waals surface area contributed by atoms with E-state index in [-0.39, 0.29) is 5.57 Å². The van der Waals surface area contributed by atoms with Gasteiger partial charge in [-0.15, -0.1) is 0 Å². The van der Waals surface area contributed by atoms with Crippen molar-refractivity contribution in [1.82, 2.24) is 0 Å². The zero-order chi connectivity index (χ0) is 22.9. The van der Waals surface area contributed by atoms with E-state index in [0.29, 0.717) is 40.3 Å². The summed E-state index contributed by atoms with van der Waals surface area (Å²) in [5.74, 6) is 0.913. The zero-order valence-electron chi connectivity index (χ0n) is 17.3. The Hall–Kier alpha value is -3.46. The van der Waals surface area contributed by atoms with Gasteiger partial charge in [-0.1, -0.05) is 53.0 Å². The van der Waals surface area contributed by atoms with Crippen LogP contribution in [-0.4, -0.2) is 19.1 Å². The Labute approximate surface area is 196 Å². The Balaban J connectivity index is 1.54. The Bertz CT molecular complexity index is 1150. The lowest BCUT2D eigenvalue weighted by molar-refractivity contribution is -0.112. The Morgan fingerprint density at radius 3 is 2.09 bits per heavy atom. The fraction of sp³-hybridized carbons (Fsp3) is 0.120. The molecule has 162 valence electrons. The lowest BCUT2D eigenvalue weighted by Gasteiger charge is -2.09. The SMILES string of the molecule is Cc1ccc(OCCOc2ccc(/C=C(\C#N)C(=O)Nc3ccc(Cl)c(Cl)c3)cc2)cc1. The van der Waals surface area contributed by atoms with Crippen molar-refractivity contribution in [2.75, 3.05) is 18.5 Å². The van der Waals surface area contributed by atoms with Gasteiger partial charge < -0.3 is 14.8 Å². The molecule has 0 spiro atoms. The fourth-order valence-electron chi connectivity index (χ4n) is 2.70. The highest BCUT2D eigenvalue weighted by atomic mass is 35.5. The number of anilines is 1. The summed E-state index contributed by atoms with van der Waals surface area (Å²) in [5, 5.41) is 12.7. The predicted molar refractivity (Wildman–Crippen MR) is 127 cm³/mol. The standard InChI is InChI=1S/C25H20Cl2N2O3/c1-17-2-7-21(8-3-17)31-12-13-32-22-9-4-18(5-10-22)14-19(16-28)25(30)29-20-6-11-23(26)24(27)15-20/h2-11,14-15H,12-13H2,1H3,(H,29,30)/b19-14+. The first-order chi connectivity index (χ1) is 15.4. The molecule has 3 rings (SSSR count). The molecule has 1 N–H and O–H groups in total. The summed E-state index contributed by atoms with van der Waals surface area (Å²) >= 11 is 11.8. The lowest BCUT2D eigenvalue weighted by atomic mass is 10.1. The van der Waals surface area contributed by atoms with Crippen molar-refractivity contribution in [2.24, 2.45) is 0 Å². The molecule has 1 amide bonds. The van der Waals surface area contributed by atoms with Crippen LogP contribution in [0.25, 0.3) is 6.08 Å². The van der Waals surface area contributed by atoms with Gasteiger partial charge in [-0.25, -0.2) is 0 Å². The number of hydrogen-bond donors (Lipinski definition) is 1. The first-order valence-electron chi connectivity index (χ1n) is 9.75. The molecule has 0 fully saturated rings. The highest BCUT2D eigenvalue weighted by Gasteiger charge is 2.10.